The van der Waals surface area contributed by atoms with E-state index in [0.29, 0.717) is 17.8 Å². The summed E-state index contributed by atoms with van der Waals surface area (Å²) in [5, 5.41) is 5.94. The van der Waals surface area contributed by atoms with E-state index in [0.717, 1.165) is 45.3 Å². The number of hydrogen-bond donors (Lipinski definition) is 2. The lowest BCUT2D eigenvalue weighted by Gasteiger charge is -2.32. The van der Waals surface area contributed by atoms with Crippen LogP contribution >= 0.6 is 0 Å². The first kappa shape index (κ1) is 21.1. The molecule has 1 atom stereocenters. The van der Waals surface area contributed by atoms with Crippen LogP contribution in [0.15, 0.2) is 54.6 Å². The fourth-order valence-corrected chi connectivity index (χ4v) is 3.75. The quantitative estimate of drug-likeness (QED) is 0.665. The minimum absolute atomic E-state index is 0.00318. The summed E-state index contributed by atoms with van der Waals surface area (Å²) in [6.07, 6.45) is 3.85. The minimum atomic E-state index is -0.135. The lowest BCUT2D eigenvalue weighted by molar-refractivity contribution is -0.121. The molecule has 1 heterocycles. The predicted octanol–water partition coefficient (Wildman–Crippen LogP) is 4.07. The number of unbranched alkanes of at least 4 members (excludes halogenated alkanes) is 1. The SMILES string of the molecule is CCCCNC(=O)c1ccccc1NC(=O)C1CCCN(Cc2ccccc2)C1. The molecule has 2 amide bonds. The number of carbonyl (C=O) groups is 2. The van der Waals surface area contributed by atoms with Crippen LogP contribution in [0.2, 0.25) is 0 Å². The standard InChI is InChI=1S/C24H31N3O2/c1-2-3-15-25-24(29)21-13-7-8-14-22(21)26-23(28)20-12-9-16-27(18-20)17-19-10-5-4-6-11-19/h4-8,10-11,13-14,20H,2-3,9,12,15-18H2,1H3,(H,25,29)(H,26,28). The molecule has 2 aromatic carbocycles. The largest absolute Gasteiger partial charge is 0.352 e. The van der Waals surface area contributed by atoms with E-state index in [2.05, 4.69) is 34.6 Å². The van der Waals surface area contributed by atoms with Crippen molar-refractivity contribution in [2.75, 3.05) is 25.0 Å². The van der Waals surface area contributed by atoms with Crippen molar-refractivity contribution >= 4 is 17.5 Å². The molecule has 0 bridgehead atoms. The Balaban J connectivity index is 1.60. The Morgan fingerprint density at radius 3 is 2.62 bits per heavy atom. The summed E-state index contributed by atoms with van der Waals surface area (Å²) in [6.45, 7) is 5.35. The molecule has 1 unspecified atom stereocenters. The summed E-state index contributed by atoms with van der Waals surface area (Å²) in [6, 6.07) is 17.6. The van der Waals surface area contributed by atoms with Gasteiger partial charge in [-0.1, -0.05) is 55.8 Å². The van der Waals surface area contributed by atoms with Gasteiger partial charge < -0.3 is 10.6 Å². The Kier molecular flexibility index (Phi) is 7.82. The molecule has 1 aliphatic rings. The third kappa shape index (κ3) is 6.16. The zero-order chi connectivity index (χ0) is 20.5. The molecule has 1 aliphatic heterocycles. The van der Waals surface area contributed by atoms with E-state index < -0.39 is 0 Å². The van der Waals surface area contributed by atoms with Gasteiger partial charge in [0.2, 0.25) is 5.91 Å². The lowest BCUT2D eigenvalue weighted by atomic mass is 9.96. The molecule has 0 saturated carbocycles. The summed E-state index contributed by atoms with van der Waals surface area (Å²) < 4.78 is 0. The number of nitrogens with zero attached hydrogens (tertiary/aromatic N) is 1. The zero-order valence-electron chi connectivity index (χ0n) is 17.2. The predicted molar refractivity (Wildman–Crippen MR) is 117 cm³/mol. The number of para-hydroxylation sites is 1. The van der Waals surface area contributed by atoms with Gasteiger partial charge in [0, 0.05) is 19.6 Å². The lowest BCUT2D eigenvalue weighted by Crippen LogP contribution is -2.40. The molecule has 1 fully saturated rings. The molecular formula is C24H31N3O2. The Morgan fingerprint density at radius 1 is 1.07 bits per heavy atom. The average molecular weight is 394 g/mol. The number of likely N-dealkylation sites (tertiary alicyclic amines) is 1. The highest BCUT2D eigenvalue weighted by atomic mass is 16.2. The molecule has 5 heteroatoms. The van der Waals surface area contributed by atoms with E-state index in [9.17, 15) is 9.59 Å². The number of nitrogens with one attached hydrogen (secondary N) is 2. The smallest absolute Gasteiger partial charge is 0.253 e. The van der Waals surface area contributed by atoms with E-state index in [1.165, 1.54) is 5.56 Å². The Hall–Kier alpha value is -2.66. The summed E-state index contributed by atoms with van der Waals surface area (Å²) in [5.41, 5.74) is 2.38. The average Bonchev–Trinajstić information content (AvgIpc) is 2.75. The molecule has 29 heavy (non-hydrogen) atoms. The van der Waals surface area contributed by atoms with E-state index in [4.69, 9.17) is 0 Å². The van der Waals surface area contributed by atoms with Crippen LogP contribution in [0.4, 0.5) is 5.69 Å². The first-order valence-electron chi connectivity index (χ1n) is 10.6. The molecule has 2 aromatic rings. The van der Waals surface area contributed by atoms with Gasteiger partial charge in [-0.3, -0.25) is 14.5 Å². The highest BCUT2D eigenvalue weighted by Gasteiger charge is 2.26. The molecular weight excluding hydrogens is 362 g/mol. The second-order valence-corrected chi connectivity index (χ2v) is 7.70. The molecule has 5 nitrogen and oxygen atoms in total. The van der Waals surface area contributed by atoms with Crippen molar-refractivity contribution in [2.45, 2.75) is 39.2 Å². The molecule has 1 saturated heterocycles. The van der Waals surface area contributed by atoms with E-state index in [-0.39, 0.29) is 17.7 Å². The fourth-order valence-electron chi connectivity index (χ4n) is 3.75. The Labute approximate surface area is 173 Å². The molecule has 0 aliphatic carbocycles. The number of anilines is 1. The van der Waals surface area contributed by atoms with Crippen LogP contribution in [-0.4, -0.2) is 36.3 Å². The summed E-state index contributed by atoms with van der Waals surface area (Å²) in [5.74, 6) is -0.205. The van der Waals surface area contributed by atoms with Gasteiger partial charge in [-0.15, -0.1) is 0 Å². The van der Waals surface area contributed by atoms with Crippen LogP contribution in [-0.2, 0) is 11.3 Å². The normalized spacial score (nSPS) is 16.9. The number of rotatable bonds is 8. The van der Waals surface area contributed by atoms with Crippen molar-refractivity contribution in [1.82, 2.24) is 10.2 Å². The van der Waals surface area contributed by atoms with E-state index in [1.54, 1.807) is 12.1 Å². The number of carbonyl (C=O) groups excluding carboxylic acids is 2. The second kappa shape index (κ2) is 10.8. The third-order valence-electron chi connectivity index (χ3n) is 5.37. The van der Waals surface area contributed by atoms with Gasteiger partial charge in [-0.25, -0.2) is 0 Å². The minimum Gasteiger partial charge on any atom is -0.352 e. The molecule has 0 aromatic heterocycles. The second-order valence-electron chi connectivity index (χ2n) is 7.70. The topological polar surface area (TPSA) is 61.4 Å². The van der Waals surface area contributed by atoms with Gasteiger partial charge >= 0.3 is 0 Å². The van der Waals surface area contributed by atoms with Gasteiger partial charge in [0.1, 0.15) is 0 Å². The van der Waals surface area contributed by atoms with Gasteiger partial charge in [-0.2, -0.15) is 0 Å². The fraction of sp³-hybridized carbons (Fsp3) is 0.417. The molecule has 154 valence electrons. The van der Waals surface area contributed by atoms with E-state index in [1.807, 2.05) is 30.3 Å². The maximum Gasteiger partial charge on any atom is 0.253 e. The number of piperidine rings is 1. The van der Waals surface area contributed by atoms with Crippen LogP contribution in [0.3, 0.4) is 0 Å². The molecule has 0 spiro atoms. The number of hydrogen-bond acceptors (Lipinski definition) is 3. The van der Waals surface area contributed by atoms with Crippen LogP contribution in [0.1, 0.15) is 48.5 Å². The maximum absolute atomic E-state index is 12.9. The van der Waals surface area contributed by atoms with Crippen LogP contribution < -0.4 is 10.6 Å². The summed E-state index contributed by atoms with van der Waals surface area (Å²) >= 11 is 0. The van der Waals surface area contributed by atoms with Crippen LogP contribution in [0.5, 0.6) is 0 Å². The monoisotopic (exact) mass is 393 g/mol. The van der Waals surface area contributed by atoms with Gasteiger partial charge in [-0.05, 0) is 43.5 Å². The van der Waals surface area contributed by atoms with Gasteiger partial charge in [0.25, 0.3) is 5.91 Å². The third-order valence-corrected chi connectivity index (χ3v) is 5.37. The molecule has 2 N–H and O–H groups in total. The van der Waals surface area contributed by atoms with Crippen molar-refractivity contribution in [2.24, 2.45) is 5.92 Å². The van der Waals surface area contributed by atoms with Crippen molar-refractivity contribution in [1.29, 1.82) is 0 Å². The first-order chi connectivity index (χ1) is 14.2. The van der Waals surface area contributed by atoms with Crippen LogP contribution in [0, 0.1) is 5.92 Å². The highest BCUT2D eigenvalue weighted by molar-refractivity contribution is 6.04. The first-order valence-corrected chi connectivity index (χ1v) is 10.6. The highest BCUT2D eigenvalue weighted by Crippen LogP contribution is 2.22. The van der Waals surface area contributed by atoms with Crippen molar-refractivity contribution in [3.8, 4) is 0 Å². The van der Waals surface area contributed by atoms with Crippen molar-refractivity contribution < 1.29 is 9.59 Å². The number of amides is 2. The van der Waals surface area contributed by atoms with Gasteiger partial charge in [0.15, 0.2) is 0 Å². The van der Waals surface area contributed by atoms with Crippen molar-refractivity contribution in [3.05, 3.63) is 65.7 Å². The molecule has 0 radical (unpaired) electrons. The van der Waals surface area contributed by atoms with Gasteiger partial charge in [0.05, 0.1) is 17.2 Å². The Bertz CT molecular complexity index is 807. The van der Waals surface area contributed by atoms with E-state index >= 15 is 0 Å². The Morgan fingerprint density at radius 2 is 1.83 bits per heavy atom. The maximum atomic E-state index is 12.9. The number of benzene rings is 2. The van der Waals surface area contributed by atoms with Crippen LogP contribution in [0.25, 0.3) is 0 Å². The molecule has 3 rings (SSSR count). The summed E-state index contributed by atoms with van der Waals surface area (Å²) in [4.78, 5) is 27.8. The zero-order valence-corrected chi connectivity index (χ0v) is 17.2. The summed E-state index contributed by atoms with van der Waals surface area (Å²) in [7, 11) is 0. The van der Waals surface area contributed by atoms with Crippen molar-refractivity contribution in [3.63, 3.8) is 0 Å².